The summed E-state index contributed by atoms with van der Waals surface area (Å²) in [6.07, 6.45) is 0. The molecule has 2 aromatic carbocycles. The molecule has 5 heteroatoms. The van der Waals surface area contributed by atoms with Gasteiger partial charge in [-0.15, -0.1) is 0 Å². The molecule has 21 heavy (non-hydrogen) atoms. The molecule has 0 aromatic heterocycles. The second kappa shape index (κ2) is 7.20. The van der Waals surface area contributed by atoms with Crippen LogP contribution in [0.25, 0.3) is 0 Å². The Bertz CT molecular complexity index is 633. The van der Waals surface area contributed by atoms with E-state index in [0.29, 0.717) is 16.3 Å². The van der Waals surface area contributed by atoms with Crippen LogP contribution in [0.15, 0.2) is 48.5 Å². The van der Waals surface area contributed by atoms with Gasteiger partial charge in [-0.2, -0.15) is 0 Å². The van der Waals surface area contributed by atoms with Crippen molar-refractivity contribution in [2.24, 2.45) is 0 Å². The second-order valence-electron chi connectivity index (χ2n) is 4.68. The zero-order valence-electron chi connectivity index (χ0n) is 11.6. The number of hydrogen-bond donors (Lipinski definition) is 2. The molecule has 3 nitrogen and oxygen atoms in total. The van der Waals surface area contributed by atoms with Gasteiger partial charge < -0.3 is 10.6 Å². The Morgan fingerprint density at radius 3 is 2.71 bits per heavy atom. The minimum atomic E-state index is -0.284. The van der Waals surface area contributed by atoms with Crippen LogP contribution in [0.4, 0.5) is 10.1 Å². The molecule has 2 aromatic rings. The lowest BCUT2D eigenvalue weighted by atomic mass is 10.1. The number of rotatable bonds is 5. The highest BCUT2D eigenvalue weighted by atomic mass is 35.5. The van der Waals surface area contributed by atoms with E-state index in [2.05, 4.69) is 10.6 Å². The molecule has 2 rings (SSSR count). The molecule has 0 aliphatic heterocycles. The number of hydrogen-bond acceptors (Lipinski definition) is 2. The molecule has 0 spiro atoms. The predicted molar refractivity (Wildman–Crippen MR) is 82.9 cm³/mol. The van der Waals surface area contributed by atoms with Crippen molar-refractivity contribution < 1.29 is 9.18 Å². The van der Waals surface area contributed by atoms with E-state index >= 15 is 0 Å². The van der Waals surface area contributed by atoms with E-state index in [0.717, 1.165) is 0 Å². The number of halogens is 2. The Labute approximate surface area is 128 Å². The molecule has 0 heterocycles. The summed E-state index contributed by atoms with van der Waals surface area (Å²) in [6, 6.07) is 13.2. The summed E-state index contributed by atoms with van der Waals surface area (Å²) in [5, 5.41) is 6.27. The Morgan fingerprint density at radius 2 is 2.00 bits per heavy atom. The third-order valence-electron chi connectivity index (χ3n) is 3.05. The van der Waals surface area contributed by atoms with Crippen molar-refractivity contribution in [1.82, 2.24) is 5.32 Å². The fourth-order valence-electron chi connectivity index (χ4n) is 1.95. The first-order valence-electron chi connectivity index (χ1n) is 6.59. The van der Waals surface area contributed by atoms with Crippen molar-refractivity contribution in [3.8, 4) is 0 Å². The number of carbonyl (C=O) groups is 1. The summed E-state index contributed by atoms with van der Waals surface area (Å²) in [5.41, 5.74) is 1.17. The van der Waals surface area contributed by atoms with Gasteiger partial charge >= 0.3 is 0 Å². The SMILES string of the molecule is C[C@@H](NCC(=O)Nc1cccc(Cl)c1)c1ccccc1F. The van der Waals surface area contributed by atoms with Crippen molar-refractivity contribution in [1.29, 1.82) is 0 Å². The van der Waals surface area contributed by atoms with Gasteiger partial charge in [0.2, 0.25) is 5.91 Å². The smallest absolute Gasteiger partial charge is 0.238 e. The first-order valence-corrected chi connectivity index (χ1v) is 6.97. The Hall–Kier alpha value is -1.91. The van der Waals surface area contributed by atoms with Gasteiger partial charge in [-0.25, -0.2) is 4.39 Å². The van der Waals surface area contributed by atoms with Gasteiger partial charge in [0.15, 0.2) is 0 Å². The number of anilines is 1. The van der Waals surface area contributed by atoms with E-state index in [4.69, 9.17) is 11.6 Å². The van der Waals surface area contributed by atoms with Crippen LogP contribution >= 0.6 is 11.6 Å². The number of amides is 1. The summed E-state index contributed by atoms with van der Waals surface area (Å²) in [5.74, 6) is -0.492. The third-order valence-corrected chi connectivity index (χ3v) is 3.28. The lowest BCUT2D eigenvalue weighted by molar-refractivity contribution is -0.115. The van der Waals surface area contributed by atoms with Crippen LogP contribution in [0, 0.1) is 5.82 Å². The molecule has 1 amide bonds. The van der Waals surface area contributed by atoms with Crippen molar-refractivity contribution in [2.75, 3.05) is 11.9 Å². The molecule has 0 saturated heterocycles. The van der Waals surface area contributed by atoms with Crippen LogP contribution in [0.1, 0.15) is 18.5 Å². The maximum Gasteiger partial charge on any atom is 0.238 e. The first-order chi connectivity index (χ1) is 10.1. The van der Waals surface area contributed by atoms with Crippen LogP contribution in [-0.2, 0) is 4.79 Å². The lowest BCUT2D eigenvalue weighted by Crippen LogP contribution is -2.30. The summed E-state index contributed by atoms with van der Waals surface area (Å²) in [7, 11) is 0. The average Bonchev–Trinajstić information content (AvgIpc) is 2.45. The van der Waals surface area contributed by atoms with Crippen LogP contribution in [0.2, 0.25) is 5.02 Å². The van der Waals surface area contributed by atoms with Crippen LogP contribution < -0.4 is 10.6 Å². The minimum absolute atomic E-state index is 0.0853. The predicted octanol–water partition coefficient (Wildman–Crippen LogP) is 3.77. The largest absolute Gasteiger partial charge is 0.325 e. The average molecular weight is 307 g/mol. The van der Waals surface area contributed by atoms with E-state index in [9.17, 15) is 9.18 Å². The maximum absolute atomic E-state index is 13.6. The normalized spacial score (nSPS) is 12.0. The summed E-state index contributed by atoms with van der Waals surface area (Å²) < 4.78 is 13.6. The van der Waals surface area contributed by atoms with Crippen LogP contribution in [-0.4, -0.2) is 12.5 Å². The second-order valence-corrected chi connectivity index (χ2v) is 5.12. The Morgan fingerprint density at radius 1 is 1.24 bits per heavy atom. The van der Waals surface area contributed by atoms with E-state index in [-0.39, 0.29) is 24.3 Å². The summed E-state index contributed by atoms with van der Waals surface area (Å²) in [6.45, 7) is 1.90. The van der Waals surface area contributed by atoms with Gasteiger partial charge in [0.05, 0.1) is 6.54 Å². The molecule has 0 unspecified atom stereocenters. The van der Waals surface area contributed by atoms with Crippen LogP contribution in [0.3, 0.4) is 0 Å². The number of carbonyl (C=O) groups excluding carboxylic acids is 1. The Kier molecular flexibility index (Phi) is 5.31. The quantitative estimate of drug-likeness (QED) is 0.883. The minimum Gasteiger partial charge on any atom is -0.325 e. The highest BCUT2D eigenvalue weighted by Gasteiger charge is 2.11. The maximum atomic E-state index is 13.6. The van der Waals surface area contributed by atoms with Gasteiger partial charge in [-0.3, -0.25) is 4.79 Å². The number of benzene rings is 2. The van der Waals surface area contributed by atoms with E-state index in [1.807, 2.05) is 6.92 Å². The highest BCUT2D eigenvalue weighted by Crippen LogP contribution is 2.16. The van der Waals surface area contributed by atoms with E-state index in [1.165, 1.54) is 6.07 Å². The van der Waals surface area contributed by atoms with Gasteiger partial charge in [0, 0.05) is 22.3 Å². The molecule has 1 atom stereocenters. The van der Waals surface area contributed by atoms with Gasteiger partial charge in [-0.05, 0) is 31.2 Å². The molecule has 2 N–H and O–H groups in total. The molecule has 110 valence electrons. The Balaban J connectivity index is 1.88. The number of nitrogens with one attached hydrogen (secondary N) is 2. The highest BCUT2D eigenvalue weighted by molar-refractivity contribution is 6.30. The topological polar surface area (TPSA) is 41.1 Å². The standard InChI is InChI=1S/C16H16ClFN2O/c1-11(14-7-2-3-8-15(14)18)19-10-16(21)20-13-6-4-5-12(17)9-13/h2-9,11,19H,10H2,1H3,(H,20,21)/t11-/m1/s1. The monoisotopic (exact) mass is 306 g/mol. The summed E-state index contributed by atoms with van der Waals surface area (Å²) in [4.78, 5) is 11.8. The zero-order chi connectivity index (χ0) is 15.2. The van der Waals surface area contributed by atoms with Gasteiger partial charge in [-0.1, -0.05) is 35.9 Å². The molecule has 0 bridgehead atoms. The zero-order valence-corrected chi connectivity index (χ0v) is 12.3. The fourth-order valence-corrected chi connectivity index (χ4v) is 2.14. The van der Waals surface area contributed by atoms with Crippen molar-refractivity contribution in [3.05, 3.63) is 64.9 Å². The molecule has 0 fully saturated rings. The van der Waals surface area contributed by atoms with E-state index in [1.54, 1.807) is 42.5 Å². The first kappa shape index (κ1) is 15.5. The van der Waals surface area contributed by atoms with Crippen molar-refractivity contribution in [3.63, 3.8) is 0 Å². The fraction of sp³-hybridized carbons (Fsp3) is 0.188. The summed E-state index contributed by atoms with van der Waals surface area (Å²) >= 11 is 5.84. The molecule has 0 radical (unpaired) electrons. The third kappa shape index (κ3) is 4.55. The molecule has 0 saturated carbocycles. The molecular weight excluding hydrogens is 291 g/mol. The van der Waals surface area contributed by atoms with Gasteiger partial charge in [0.25, 0.3) is 0 Å². The van der Waals surface area contributed by atoms with E-state index < -0.39 is 0 Å². The van der Waals surface area contributed by atoms with Crippen LogP contribution in [0.5, 0.6) is 0 Å². The molecular formula is C16H16ClFN2O. The van der Waals surface area contributed by atoms with Gasteiger partial charge in [0.1, 0.15) is 5.82 Å². The molecule has 0 aliphatic rings. The van der Waals surface area contributed by atoms with Crippen molar-refractivity contribution in [2.45, 2.75) is 13.0 Å². The lowest BCUT2D eigenvalue weighted by Gasteiger charge is -2.15. The van der Waals surface area contributed by atoms with Crippen molar-refractivity contribution >= 4 is 23.2 Å². The molecule has 0 aliphatic carbocycles.